The molecule has 1 spiro atoms. The highest BCUT2D eigenvalue weighted by Gasteiger charge is 2.40. The SMILES string of the molecule is N#Cc1c(F)cccc1OC1CCOC2(CCCC2)C1. The van der Waals surface area contributed by atoms with Gasteiger partial charge in [-0.2, -0.15) is 5.26 Å². The molecule has 0 amide bonds. The van der Waals surface area contributed by atoms with E-state index in [1.165, 1.54) is 18.9 Å². The molecule has 1 saturated heterocycles. The summed E-state index contributed by atoms with van der Waals surface area (Å²) in [5, 5.41) is 9.04. The second-order valence-corrected chi connectivity index (χ2v) is 5.70. The Morgan fingerprint density at radius 3 is 2.90 bits per heavy atom. The van der Waals surface area contributed by atoms with E-state index in [-0.39, 0.29) is 17.3 Å². The lowest BCUT2D eigenvalue weighted by Gasteiger charge is -2.38. The van der Waals surface area contributed by atoms with Gasteiger partial charge in [-0.3, -0.25) is 0 Å². The van der Waals surface area contributed by atoms with Crippen molar-refractivity contribution in [2.45, 2.75) is 50.2 Å². The van der Waals surface area contributed by atoms with Crippen LogP contribution >= 0.6 is 0 Å². The summed E-state index contributed by atoms with van der Waals surface area (Å²) in [7, 11) is 0. The summed E-state index contributed by atoms with van der Waals surface area (Å²) < 4.78 is 25.4. The average molecular weight is 275 g/mol. The van der Waals surface area contributed by atoms with E-state index >= 15 is 0 Å². The molecule has 3 rings (SSSR count). The Morgan fingerprint density at radius 1 is 1.35 bits per heavy atom. The first-order valence-corrected chi connectivity index (χ1v) is 7.22. The molecule has 1 aromatic carbocycles. The van der Waals surface area contributed by atoms with E-state index in [2.05, 4.69) is 0 Å². The van der Waals surface area contributed by atoms with Gasteiger partial charge in [0, 0.05) is 12.8 Å². The number of rotatable bonds is 2. The van der Waals surface area contributed by atoms with Gasteiger partial charge in [-0.25, -0.2) is 4.39 Å². The minimum atomic E-state index is -0.521. The number of nitriles is 1. The standard InChI is InChI=1S/C16H18FNO2/c17-14-4-3-5-15(13(14)11-18)20-12-6-9-19-16(10-12)7-1-2-8-16/h3-5,12H,1-2,6-10H2. The Bertz CT molecular complexity index is 532. The van der Waals surface area contributed by atoms with Crippen LogP contribution in [0.4, 0.5) is 4.39 Å². The normalized spacial score (nSPS) is 24.5. The lowest BCUT2D eigenvalue weighted by molar-refractivity contribution is -0.108. The van der Waals surface area contributed by atoms with Crippen LogP contribution in [0.15, 0.2) is 18.2 Å². The van der Waals surface area contributed by atoms with Gasteiger partial charge in [0.1, 0.15) is 29.3 Å². The molecular weight excluding hydrogens is 257 g/mol. The van der Waals surface area contributed by atoms with E-state index in [1.807, 2.05) is 6.07 Å². The van der Waals surface area contributed by atoms with Crippen LogP contribution in [0.3, 0.4) is 0 Å². The first kappa shape index (κ1) is 13.4. The molecule has 1 saturated carbocycles. The molecule has 0 bridgehead atoms. The Balaban J connectivity index is 1.75. The van der Waals surface area contributed by atoms with Gasteiger partial charge >= 0.3 is 0 Å². The molecule has 0 aromatic heterocycles. The molecule has 1 aliphatic carbocycles. The lowest BCUT2D eigenvalue weighted by Crippen LogP contribution is -2.41. The summed E-state index contributed by atoms with van der Waals surface area (Å²) in [4.78, 5) is 0. The van der Waals surface area contributed by atoms with Crippen molar-refractivity contribution in [3.05, 3.63) is 29.6 Å². The van der Waals surface area contributed by atoms with Crippen molar-refractivity contribution in [1.82, 2.24) is 0 Å². The zero-order chi connectivity index (χ0) is 14.0. The van der Waals surface area contributed by atoms with E-state index in [0.717, 1.165) is 25.7 Å². The van der Waals surface area contributed by atoms with Crippen molar-refractivity contribution in [3.63, 3.8) is 0 Å². The third kappa shape index (κ3) is 2.51. The number of hydrogen-bond donors (Lipinski definition) is 0. The molecule has 0 radical (unpaired) electrons. The largest absolute Gasteiger partial charge is 0.489 e. The molecule has 1 atom stereocenters. The molecule has 2 aliphatic rings. The molecule has 3 nitrogen and oxygen atoms in total. The Morgan fingerprint density at radius 2 is 2.15 bits per heavy atom. The van der Waals surface area contributed by atoms with Gasteiger partial charge in [0.2, 0.25) is 0 Å². The van der Waals surface area contributed by atoms with E-state index in [0.29, 0.717) is 12.4 Å². The van der Waals surface area contributed by atoms with Crippen LogP contribution in [-0.2, 0) is 4.74 Å². The number of ether oxygens (including phenoxy) is 2. The predicted octanol–water partition coefficient (Wildman–Crippen LogP) is 3.57. The highest BCUT2D eigenvalue weighted by atomic mass is 19.1. The van der Waals surface area contributed by atoms with Crippen LogP contribution in [0.25, 0.3) is 0 Å². The maximum Gasteiger partial charge on any atom is 0.144 e. The van der Waals surface area contributed by atoms with Crippen molar-refractivity contribution in [2.75, 3.05) is 6.61 Å². The van der Waals surface area contributed by atoms with Crippen LogP contribution in [-0.4, -0.2) is 18.3 Å². The van der Waals surface area contributed by atoms with Gasteiger partial charge in [0.05, 0.1) is 12.2 Å². The van der Waals surface area contributed by atoms with Gasteiger partial charge < -0.3 is 9.47 Å². The van der Waals surface area contributed by atoms with Gasteiger partial charge in [-0.05, 0) is 25.0 Å². The van der Waals surface area contributed by atoms with Crippen molar-refractivity contribution >= 4 is 0 Å². The highest BCUT2D eigenvalue weighted by molar-refractivity contribution is 5.43. The molecule has 2 fully saturated rings. The van der Waals surface area contributed by atoms with Crippen LogP contribution in [0.5, 0.6) is 5.75 Å². The highest BCUT2D eigenvalue weighted by Crippen LogP contribution is 2.41. The summed E-state index contributed by atoms with van der Waals surface area (Å²) in [6, 6.07) is 6.41. The maximum atomic E-state index is 13.6. The van der Waals surface area contributed by atoms with Crippen LogP contribution < -0.4 is 4.74 Å². The molecule has 1 aliphatic heterocycles. The van der Waals surface area contributed by atoms with Crippen molar-refractivity contribution in [1.29, 1.82) is 5.26 Å². The van der Waals surface area contributed by atoms with Crippen LogP contribution in [0.2, 0.25) is 0 Å². The molecule has 4 heteroatoms. The second kappa shape index (κ2) is 5.41. The van der Waals surface area contributed by atoms with E-state index in [4.69, 9.17) is 14.7 Å². The quantitative estimate of drug-likeness (QED) is 0.828. The topological polar surface area (TPSA) is 42.2 Å². The van der Waals surface area contributed by atoms with Gasteiger partial charge in [-0.1, -0.05) is 18.9 Å². The van der Waals surface area contributed by atoms with Crippen LogP contribution in [0.1, 0.15) is 44.1 Å². The fraction of sp³-hybridized carbons (Fsp3) is 0.562. The fourth-order valence-corrected chi connectivity index (χ4v) is 3.34. The summed E-state index contributed by atoms with van der Waals surface area (Å²) in [5.74, 6) is -0.166. The predicted molar refractivity (Wildman–Crippen MR) is 71.9 cm³/mol. The first-order valence-electron chi connectivity index (χ1n) is 7.22. The number of halogens is 1. The molecule has 1 unspecified atom stereocenters. The third-order valence-corrected chi connectivity index (χ3v) is 4.34. The van der Waals surface area contributed by atoms with Gasteiger partial charge in [0.25, 0.3) is 0 Å². The minimum Gasteiger partial charge on any atom is -0.489 e. The van der Waals surface area contributed by atoms with Crippen LogP contribution in [0, 0.1) is 17.1 Å². The minimum absolute atomic E-state index is 0.000497. The molecule has 1 aromatic rings. The van der Waals surface area contributed by atoms with Crippen molar-refractivity contribution < 1.29 is 13.9 Å². The Hall–Kier alpha value is -1.60. The smallest absolute Gasteiger partial charge is 0.144 e. The van der Waals surface area contributed by atoms with E-state index in [1.54, 1.807) is 12.1 Å². The molecule has 20 heavy (non-hydrogen) atoms. The lowest BCUT2D eigenvalue weighted by atomic mass is 9.90. The van der Waals surface area contributed by atoms with Crippen molar-refractivity contribution in [3.8, 4) is 11.8 Å². The maximum absolute atomic E-state index is 13.6. The Kier molecular flexibility index (Phi) is 3.62. The average Bonchev–Trinajstić information content (AvgIpc) is 2.87. The van der Waals surface area contributed by atoms with E-state index < -0.39 is 5.82 Å². The fourth-order valence-electron chi connectivity index (χ4n) is 3.34. The monoisotopic (exact) mass is 275 g/mol. The van der Waals surface area contributed by atoms with Gasteiger partial charge in [0.15, 0.2) is 0 Å². The summed E-state index contributed by atoms with van der Waals surface area (Å²) in [6.45, 7) is 0.682. The summed E-state index contributed by atoms with van der Waals surface area (Å²) in [6.07, 6.45) is 6.22. The third-order valence-electron chi connectivity index (χ3n) is 4.34. The zero-order valence-electron chi connectivity index (χ0n) is 11.4. The molecule has 1 heterocycles. The van der Waals surface area contributed by atoms with E-state index in [9.17, 15) is 4.39 Å². The number of nitrogens with zero attached hydrogens (tertiary/aromatic N) is 1. The van der Waals surface area contributed by atoms with Crippen molar-refractivity contribution in [2.24, 2.45) is 0 Å². The molecule has 106 valence electrons. The Labute approximate surface area is 118 Å². The van der Waals surface area contributed by atoms with Gasteiger partial charge in [-0.15, -0.1) is 0 Å². The second-order valence-electron chi connectivity index (χ2n) is 5.70. The first-order chi connectivity index (χ1) is 9.72. The summed E-state index contributed by atoms with van der Waals surface area (Å²) in [5.41, 5.74) is -0.0391. The molecule has 0 N–H and O–H groups in total. The zero-order valence-corrected chi connectivity index (χ0v) is 11.4. The number of hydrogen-bond acceptors (Lipinski definition) is 3. The molecular formula is C16H18FNO2. The summed E-state index contributed by atoms with van der Waals surface area (Å²) >= 11 is 0. The number of benzene rings is 1.